The fourth-order valence-corrected chi connectivity index (χ4v) is 2.09. The molecule has 0 heterocycles. The fourth-order valence-electron chi connectivity index (χ4n) is 2.09. The van der Waals surface area contributed by atoms with Crippen molar-refractivity contribution in [2.24, 2.45) is 5.41 Å². The Labute approximate surface area is 86.8 Å². The Morgan fingerprint density at radius 1 is 1.29 bits per heavy atom. The molecule has 1 atom stereocenters. The van der Waals surface area contributed by atoms with Gasteiger partial charge in [0, 0.05) is 0 Å². The summed E-state index contributed by atoms with van der Waals surface area (Å²) in [6, 6.07) is 7.61. The van der Waals surface area contributed by atoms with E-state index in [1.54, 1.807) is 6.07 Å². The molecule has 1 unspecified atom stereocenters. The number of hydrogen-bond donors (Lipinski definition) is 1. The lowest BCUT2D eigenvalue weighted by atomic mass is 9.75. The van der Waals surface area contributed by atoms with E-state index >= 15 is 0 Å². The van der Waals surface area contributed by atoms with Gasteiger partial charge in [0.05, 0.1) is 0 Å². The van der Waals surface area contributed by atoms with E-state index in [-0.39, 0.29) is 5.41 Å². The zero-order valence-electron chi connectivity index (χ0n) is 9.54. The predicted molar refractivity (Wildman–Crippen MR) is 60.6 cm³/mol. The molecule has 1 aromatic rings. The highest BCUT2D eigenvalue weighted by atomic mass is 16.3. The average molecular weight is 192 g/mol. The van der Waals surface area contributed by atoms with Crippen molar-refractivity contribution in [3.05, 3.63) is 29.8 Å². The van der Waals surface area contributed by atoms with Gasteiger partial charge in [-0.15, -0.1) is 0 Å². The summed E-state index contributed by atoms with van der Waals surface area (Å²) in [6.07, 6.45) is 1.10. The summed E-state index contributed by atoms with van der Waals surface area (Å²) in [4.78, 5) is 0. The Balaban J connectivity index is 3.01. The van der Waals surface area contributed by atoms with Gasteiger partial charge in [0.25, 0.3) is 0 Å². The molecule has 1 heteroatoms. The molecule has 0 aliphatic carbocycles. The highest BCUT2D eigenvalue weighted by Crippen LogP contribution is 2.38. The van der Waals surface area contributed by atoms with Crippen LogP contribution in [0.5, 0.6) is 5.75 Å². The second-order valence-electron chi connectivity index (χ2n) is 4.92. The lowest BCUT2D eigenvalue weighted by Gasteiger charge is -2.30. The third kappa shape index (κ3) is 2.50. The molecule has 1 rings (SSSR count). The Bertz CT molecular complexity index is 296. The lowest BCUT2D eigenvalue weighted by molar-refractivity contribution is 0.312. The molecular weight excluding hydrogens is 172 g/mol. The van der Waals surface area contributed by atoms with Gasteiger partial charge >= 0.3 is 0 Å². The smallest absolute Gasteiger partial charge is 0.115 e. The van der Waals surface area contributed by atoms with Crippen molar-refractivity contribution in [2.45, 2.75) is 40.0 Å². The van der Waals surface area contributed by atoms with Gasteiger partial charge in [-0.1, -0.05) is 39.8 Å². The monoisotopic (exact) mass is 192 g/mol. The van der Waals surface area contributed by atoms with Gasteiger partial charge in [-0.2, -0.15) is 0 Å². The van der Waals surface area contributed by atoms with E-state index in [1.165, 1.54) is 5.56 Å². The van der Waals surface area contributed by atoms with Gasteiger partial charge in [0.2, 0.25) is 0 Å². The minimum absolute atomic E-state index is 0.253. The van der Waals surface area contributed by atoms with Crippen molar-refractivity contribution < 1.29 is 5.11 Å². The van der Waals surface area contributed by atoms with E-state index in [0.29, 0.717) is 11.7 Å². The molecule has 0 aliphatic heterocycles. The van der Waals surface area contributed by atoms with Crippen molar-refractivity contribution in [3.8, 4) is 5.75 Å². The van der Waals surface area contributed by atoms with Crippen LogP contribution in [0, 0.1) is 5.41 Å². The first-order chi connectivity index (χ1) is 6.45. The van der Waals surface area contributed by atoms with E-state index in [2.05, 4.69) is 33.8 Å². The first-order valence-corrected chi connectivity index (χ1v) is 5.24. The van der Waals surface area contributed by atoms with Crippen LogP contribution in [0.25, 0.3) is 0 Å². The zero-order chi connectivity index (χ0) is 10.8. The van der Waals surface area contributed by atoms with E-state index in [0.717, 1.165) is 6.42 Å². The van der Waals surface area contributed by atoms with E-state index < -0.39 is 0 Å². The largest absolute Gasteiger partial charge is 0.508 e. The van der Waals surface area contributed by atoms with Crippen LogP contribution in [0.4, 0.5) is 0 Å². The molecule has 0 spiro atoms. The summed E-state index contributed by atoms with van der Waals surface area (Å²) in [5.74, 6) is 0.875. The molecule has 78 valence electrons. The van der Waals surface area contributed by atoms with Crippen molar-refractivity contribution in [2.75, 3.05) is 0 Å². The highest BCUT2D eigenvalue weighted by molar-refractivity contribution is 5.30. The zero-order valence-corrected chi connectivity index (χ0v) is 9.54. The van der Waals surface area contributed by atoms with Gasteiger partial charge < -0.3 is 5.11 Å². The maximum Gasteiger partial charge on any atom is 0.115 e. The maximum absolute atomic E-state index is 9.42. The molecular formula is C13H20O. The molecule has 0 bridgehead atoms. The Hall–Kier alpha value is -0.980. The van der Waals surface area contributed by atoms with Gasteiger partial charge in [-0.05, 0) is 35.4 Å². The van der Waals surface area contributed by atoms with E-state index in [4.69, 9.17) is 0 Å². The molecule has 0 aromatic heterocycles. The van der Waals surface area contributed by atoms with Crippen molar-refractivity contribution in [3.63, 3.8) is 0 Å². The molecule has 1 aromatic carbocycles. The Kier molecular flexibility index (Phi) is 3.20. The summed E-state index contributed by atoms with van der Waals surface area (Å²) in [7, 11) is 0. The number of rotatable bonds is 2. The molecule has 0 aliphatic rings. The fraction of sp³-hybridized carbons (Fsp3) is 0.538. The number of hydrogen-bond acceptors (Lipinski definition) is 1. The van der Waals surface area contributed by atoms with Crippen molar-refractivity contribution in [1.29, 1.82) is 0 Å². The highest BCUT2D eigenvalue weighted by Gasteiger charge is 2.24. The molecule has 1 N–H and O–H groups in total. The average Bonchev–Trinajstić information content (AvgIpc) is 2.02. The summed E-state index contributed by atoms with van der Waals surface area (Å²) in [6.45, 7) is 8.92. The molecule has 0 radical (unpaired) electrons. The van der Waals surface area contributed by atoms with Crippen LogP contribution in [-0.2, 0) is 0 Å². The van der Waals surface area contributed by atoms with Crippen LogP contribution < -0.4 is 0 Å². The number of benzene rings is 1. The lowest BCUT2D eigenvalue weighted by Crippen LogP contribution is -2.17. The first kappa shape index (κ1) is 11.1. The van der Waals surface area contributed by atoms with E-state index in [9.17, 15) is 5.11 Å². The topological polar surface area (TPSA) is 20.2 Å². The van der Waals surface area contributed by atoms with Gasteiger partial charge in [0.15, 0.2) is 0 Å². The second kappa shape index (κ2) is 4.04. The normalized spacial score (nSPS) is 14.0. The summed E-state index contributed by atoms with van der Waals surface area (Å²) in [5.41, 5.74) is 1.49. The minimum atomic E-state index is 0.253. The summed E-state index contributed by atoms with van der Waals surface area (Å²) in [5, 5.41) is 9.42. The van der Waals surface area contributed by atoms with Crippen LogP contribution in [0.3, 0.4) is 0 Å². The predicted octanol–water partition coefficient (Wildman–Crippen LogP) is 3.93. The third-order valence-electron chi connectivity index (χ3n) is 2.73. The van der Waals surface area contributed by atoms with Crippen LogP contribution in [0.2, 0.25) is 0 Å². The first-order valence-electron chi connectivity index (χ1n) is 5.24. The third-order valence-corrected chi connectivity index (χ3v) is 2.73. The molecule has 0 fully saturated rings. The second-order valence-corrected chi connectivity index (χ2v) is 4.92. The van der Waals surface area contributed by atoms with Crippen LogP contribution in [0.15, 0.2) is 24.3 Å². The molecule has 0 amide bonds. The standard InChI is InChI=1S/C13H20O/c1-5-12(13(2,3)4)10-7-6-8-11(14)9-10/h6-9,12,14H,5H2,1-4H3. The van der Waals surface area contributed by atoms with Gasteiger partial charge in [-0.25, -0.2) is 0 Å². The molecule has 0 saturated heterocycles. The van der Waals surface area contributed by atoms with Crippen LogP contribution in [-0.4, -0.2) is 5.11 Å². The number of phenolic OH excluding ortho intramolecular Hbond substituents is 1. The Morgan fingerprint density at radius 3 is 2.36 bits per heavy atom. The minimum Gasteiger partial charge on any atom is -0.508 e. The van der Waals surface area contributed by atoms with Crippen molar-refractivity contribution in [1.82, 2.24) is 0 Å². The van der Waals surface area contributed by atoms with Gasteiger partial charge in [0.1, 0.15) is 5.75 Å². The van der Waals surface area contributed by atoms with E-state index in [1.807, 2.05) is 12.1 Å². The maximum atomic E-state index is 9.42. The SMILES string of the molecule is CCC(c1cccc(O)c1)C(C)(C)C. The molecule has 0 saturated carbocycles. The number of phenols is 1. The van der Waals surface area contributed by atoms with Gasteiger partial charge in [-0.3, -0.25) is 0 Å². The Morgan fingerprint density at radius 2 is 1.93 bits per heavy atom. The summed E-state index contributed by atoms with van der Waals surface area (Å²) < 4.78 is 0. The van der Waals surface area contributed by atoms with Crippen LogP contribution in [0.1, 0.15) is 45.6 Å². The quantitative estimate of drug-likeness (QED) is 0.752. The van der Waals surface area contributed by atoms with Crippen molar-refractivity contribution >= 4 is 0 Å². The summed E-state index contributed by atoms with van der Waals surface area (Å²) >= 11 is 0. The number of aromatic hydroxyl groups is 1. The van der Waals surface area contributed by atoms with Crippen LogP contribution >= 0.6 is 0 Å². The molecule has 14 heavy (non-hydrogen) atoms. The molecule has 1 nitrogen and oxygen atoms in total.